The molecule has 8 rings (SSSR count). The SMILES string of the molecule is Cc1cc(S(=O)(=O)NC(=O)c2ccc(N3CCN(CC4=C(c5ccc(Cl)cc5)CC(C)(C)CC4)CC3)cc2Oc2ccc3[nH]ccc3c2)ccc1OC1CCN(C)CC1. The predicted molar refractivity (Wildman–Crippen MR) is 236 cm³/mol. The van der Waals surface area contributed by atoms with Gasteiger partial charge >= 0.3 is 0 Å². The highest BCUT2D eigenvalue weighted by atomic mass is 35.5. The number of H-pyrrole nitrogens is 1. The minimum absolute atomic E-state index is 0.0121. The fourth-order valence-electron chi connectivity index (χ4n) is 8.54. The van der Waals surface area contributed by atoms with E-state index >= 15 is 0 Å². The standard InChI is InChI=1S/C47H54ClN5O5S/c1-32-27-40(11-14-44(32)57-38-17-21-51(4)22-18-38)59(55,56)50-46(54)41-12-9-37(29-45(41)58-39-10-13-43-34(28-39)16-20-49-43)53-25-23-52(24-26-53)31-35-15-19-47(2,3)30-42(35)33-5-7-36(48)8-6-33/h5-14,16,20,27-29,38,49H,15,17-19,21-26,30-31H2,1-4H3,(H,50,54). The summed E-state index contributed by atoms with van der Waals surface area (Å²) in [6.45, 7) is 12.7. The number of aromatic nitrogens is 1. The molecule has 1 aromatic heterocycles. The lowest BCUT2D eigenvalue weighted by Gasteiger charge is -2.39. The zero-order valence-electron chi connectivity index (χ0n) is 34.4. The molecule has 4 aromatic carbocycles. The highest BCUT2D eigenvalue weighted by Gasteiger charge is 2.30. The van der Waals surface area contributed by atoms with Gasteiger partial charge in [0.15, 0.2) is 0 Å². The summed E-state index contributed by atoms with van der Waals surface area (Å²) in [5.41, 5.74) is 7.13. The Bertz CT molecular complexity index is 2460. The average molecular weight is 836 g/mol. The molecule has 0 spiro atoms. The number of allylic oxidation sites excluding steroid dienone is 1. The van der Waals surface area contributed by atoms with Crippen molar-refractivity contribution in [3.8, 4) is 17.2 Å². The van der Waals surface area contributed by atoms with Gasteiger partial charge in [0.1, 0.15) is 23.4 Å². The van der Waals surface area contributed by atoms with Gasteiger partial charge in [0.05, 0.1) is 10.5 Å². The van der Waals surface area contributed by atoms with Crippen molar-refractivity contribution in [1.29, 1.82) is 0 Å². The number of amides is 1. The van der Waals surface area contributed by atoms with Crippen molar-refractivity contribution in [2.45, 2.75) is 63.9 Å². The third-order valence-electron chi connectivity index (χ3n) is 12.1. The van der Waals surface area contributed by atoms with Crippen molar-refractivity contribution in [1.82, 2.24) is 19.5 Å². The molecule has 0 bridgehead atoms. The van der Waals surface area contributed by atoms with Crippen molar-refractivity contribution in [3.05, 3.63) is 118 Å². The van der Waals surface area contributed by atoms with Gasteiger partial charge in [-0.05, 0) is 135 Å². The van der Waals surface area contributed by atoms with Crippen LogP contribution in [-0.2, 0) is 10.0 Å². The molecule has 12 heteroatoms. The van der Waals surface area contributed by atoms with Crippen molar-refractivity contribution < 1.29 is 22.7 Å². The normalized spacial score (nSPS) is 18.3. The van der Waals surface area contributed by atoms with Crippen LogP contribution in [0.2, 0.25) is 5.02 Å². The molecule has 2 aliphatic heterocycles. The number of halogens is 1. The van der Waals surface area contributed by atoms with Gasteiger partial charge in [-0.3, -0.25) is 9.69 Å². The molecule has 3 heterocycles. The zero-order chi connectivity index (χ0) is 41.3. The Morgan fingerprint density at radius 2 is 1.66 bits per heavy atom. The first-order valence-electron chi connectivity index (χ1n) is 20.6. The Morgan fingerprint density at radius 3 is 2.41 bits per heavy atom. The number of carbonyl (C=O) groups is 1. The minimum Gasteiger partial charge on any atom is -0.490 e. The van der Waals surface area contributed by atoms with E-state index in [1.54, 1.807) is 18.2 Å². The van der Waals surface area contributed by atoms with Crippen LogP contribution in [0.15, 0.2) is 102 Å². The van der Waals surface area contributed by atoms with E-state index < -0.39 is 15.9 Å². The predicted octanol–water partition coefficient (Wildman–Crippen LogP) is 9.30. The van der Waals surface area contributed by atoms with Crippen molar-refractivity contribution >= 4 is 49.7 Å². The Labute approximate surface area is 353 Å². The van der Waals surface area contributed by atoms with E-state index in [1.807, 2.05) is 61.7 Å². The number of likely N-dealkylation sites (tertiary alicyclic amines) is 1. The summed E-state index contributed by atoms with van der Waals surface area (Å²) in [4.78, 5) is 24.2. The summed E-state index contributed by atoms with van der Waals surface area (Å²) >= 11 is 6.25. The number of hydrogen-bond acceptors (Lipinski definition) is 8. The second-order valence-electron chi connectivity index (χ2n) is 17.2. The molecule has 59 heavy (non-hydrogen) atoms. The molecule has 5 aromatic rings. The molecule has 2 fully saturated rings. The number of fused-ring (bicyclic) bond motifs is 1. The number of aryl methyl sites for hydroxylation is 1. The van der Waals surface area contributed by atoms with E-state index in [1.165, 1.54) is 29.2 Å². The maximum absolute atomic E-state index is 13.9. The highest BCUT2D eigenvalue weighted by Crippen LogP contribution is 2.43. The number of rotatable bonds is 11. The fraction of sp³-hybridized carbons (Fsp3) is 0.383. The molecule has 3 aliphatic rings. The molecule has 0 saturated carbocycles. The lowest BCUT2D eigenvalue weighted by atomic mass is 9.72. The van der Waals surface area contributed by atoms with E-state index in [-0.39, 0.29) is 27.7 Å². The summed E-state index contributed by atoms with van der Waals surface area (Å²) in [5, 5.41) is 1.71. The van der Waals surface area contributed by atoms with E-state index in [2.05, 4.69) is 57.4 Å². The van der Waals surface area contributed by atoms with Gasteiger partial charge in [-0.15, -0.1) is 0 Å². The van der Waals surface area contributed by atoms with Gasteiger partial charge in [-0.25, -0.2) is 13.1 Å². The smallest absolute Gasteiger partial charge is 0.268 e. The van der Waals surface area contributed by atoms with Crippen molar-refractivity contribution in [2.24, 2.45) is 5.41 Å². The topological polar surface area (TPSA) is 107 Å². The maximum atomic E-state index is 13.9. The number of piperazine rings is 1. The van der Waals surface area contributed by atoms with E-state index in [0.717, 1.165) is 93.1 Å². The first-order valence-corrected chi connectivity index (χ1v) is 22.5. The maximum Gasteiger partial charge on any atom is 0.268 e. The molecule has 310 valence electrons. The Hall–Kier alpha value is -4.81. The van der Waals surface area contributed by atoms with Crippen LogP contribution in [0, 0.1) is 12.3 Å². The van der Waals surface area contributed by atoms with Crippen LogP contribution in [0.3, 0.4) is 0 Å². The molecular formula is C47H54ClN5O5S. The minimum atomic E-state index is -4.22. The summed E-state index contributed by atoms with van der Waals surface area (Å²) < 4.78 is 42.3. The molecule has 10 nitrogen and oxygen atoms in total. The number of nitrogens with zero attached hydrogens (tertiary/aromatic N) is 3. The molecule has 2 N–H and O–H groups in total. The van der Waals surface area contributed by atoms with Gasteiger partial charge in [0.2, 0.25) is 0 Å². The summed E-state index contributed by atoms with van der Waals surface area (Å²) in [5.74, 6) is 0.679. The number of aromatic amines is 1. The molecule has 0 radical (unpaired) electrons. The van der Waals surface area contributed by atoms with Crippen LogP contribution in [0.4, 0.5) is 5.69 Å². The number of nitrogens with one attached hydrogen (secondary N) is 2. The Balaban J connectivity index is 0.992. The van der Waals surface area contributed by atoms with Crippen LogP contribution in [-0.4, -0.2) is 88.1 Å². The van der Waals surface area contributed by atoms with E-state index in [9.17, 15) is 13.2 Å². The highest BCUT2D eigenvalue weighted by molar-refractivity contribution is 7.90. The second kappa shape index (κ2) is 17.0. The monoisotopic (exact) mass is 835 g/mol. The molecule has 2 saturated heterocycles. The van der Waals surface area contributed by atoms with Crippen LogP contribution in [0.1, 0.15) is 67.4 Å². The molecule has 0 unspecified atom stereocenters. The average Bonchev–Trinajstić information content (AvgIpc) is 3.69. The summed E-state index contributed by atoms with van der Waals surface area (Å²) in [7, 11) is -2.13. The Morgan fingerprint density at radius 1 is 0.898 bits per heavy atom. The number of anilines is 1. The quantitative estimate of drug-likeness (QED) is 0.136. The van der Waals surface area contributed by atoms with Crippen molar-refractivity contribution in [2.75, 3.05) is 57.8 Å². The van der Waals surface area contributed by atoms with E-state index in [0.29, 0.717) is 17.1 Å². The van der Waals surface area contributed by atoms with Crippen LogP contribution >= 0.6 is 11.6 Å². The number of piperidine rings is 1. The first kappa shape index (κ1) is 40.9. The lowest BCUT2D eigenvalue weighted by Crippen LogP contribution is -2.47. The van der Waals surface area contributed by atoms with Gasteiger partial charge in [-0.1, -0.05) is 43.2 Å². The zero-order valence-corrected chi connectivity index (χ0v) is 36.0. The first-order chi connectivity index (χ1) is 28.3. The van der Waals surface area contributed by atoms with Gasteiger partial charge in [0.25, 0.3) is 15.9 Å². The lowest BCUT2D eigenvalue weighted by molar-refractivity contribution is 0.0979. The van der Waals surface area contributed by atoms with E-state index in [4.69, 9.17) is 21.1 Å². The fourth-order valence-corrected chi connectivity index (χ4v) is 9.72. The van der Waals surface area contributed by atoms with Crippen LogP contribution in [0.25, 0.3) is 16.5 Å². The largest absolute Gasteiger partial charge is 0.490 e. The second-order valence-corrected chi connectivity index (χ2v) is 19.3. The molecule has 1 aliphatic carbocycles. The summed E-state index contributed by atoms with van der Waals surface area (Å²) in [6.07, 6.45) is 7.05. The number of ether oxygens (including phenoxy) is 2. The third-order valence-corrected chi connectivity index (χ3v) is 13.7. The number of hydrogen-bond donors (Lipinski definition) is 2. The molecule has 1 amide bonds. The number of carbonyl (C=O) groups excluding carboxylic acids is 1. The van der Waals surface area contributed by atoms with Crippen LogP contribution < -0.4 is 19.1 Å². The number of sulfonamides is 1. The molecule has 0 atom stereocenters. The van der Waals surface area contributed by atoms with Gasteiger partial charge in [-0.2, -0.15) is 0 Å². The van der Waals surface area contributed by atoms with Crippen LogP contribution in [0.5, 0.6) is 17.2 Å². The van der Waals surface area contributed by atoms with Gasteiger partial charge < -0.3 is 24.3 Å². The number of benzene rings is 4. The molecular weight excluding hydrogens is 782 g/mol. The van der Waals surface area contributed by atoms with Gasteiger partial charge in [0, 0.05) is 79.7 Å². The summed E-state index contributed by atoms with van der Waals surface area (Å²) in [6, 6.07) is 26.0. The van der Waals surface area contributed by atoms with Crippen molar-refractivity contribution in [3.63, 3.8) is 0 Å². The third kappa shape index (κ3) is 9.65. The Kier molecular flexibility index (Phi) is 11.8.